The number of methoxy groups -OCH3 is 1. The normalized spacial score (nSPS) is 17.8. The van der Waals surface area contributed by atoms with E-state index in [4.69, 9.17) is 16.3 Å². The second kappa shape index (κ2) is 9.63. The molecule has 1 aromatic carbocycles. The predicted molar refractivity (Wildman–Crippen MR) is 124 cm³/mol. The van der Waals surface area contributed by atoms with Crippen molar-refractivity contribution in [2.24, 2.45) is 0 Å². The standard InChI is InChI=1S/C19H26ClN3O5S3/c1-22(2)31(26,27)18-11-10-17(29-18)30(24,25)21-16-9-6-8-15(20)19(16)23-12-5-4-7-14(23)13-28-3/h6,8-11,14,21H,4-5,7,12-13H2,1-3H3. The molecule has 1 unspecified atom stereocenters. The van der Waals surface area contributed by atoms with E-state index in [0.717, 1.165) is 30.1 Å². The molecular weight excluding hydrogens is 482 g/mol. The molecule has 0 radical (unpaired) electrons. The molecular formula is C19H26ClN3O5S3. The minimum absolute atomic E-state index is 0.0413. The van der Waals surface area contributed by atoms with Gasteiger partial charge in [0.15, 0.2) is 0 Å². The molecule has 0 bridgehead atoms. The van der Waals surface area contributed by atoms with Gasteiger partial charge >= 0.3 is 0 Å². The van der Waals surface area contributed by atoms with Crippen molar-refractivity contribution in [3.63, 3.8) is 0 Å². The van der Waals surface area contributed by atoms with Gasteiger partial charge in [-0.05, 0) is 43.5 Å². The highest BCUT2D eigenvalue weighted by Crippen LogP contribution is 2.39. The summed E-state index contributed by atoms with van der Waals surface area (Å²) >= 11 is 7.20. The Hall–Kier alpha value is -1.37. The summed E-state index contributed by atoms with van der Waals surface area (Å²) in [6, 6.07) is 7.73. The molecule has 8 nitrogen and oxygen atoms in total. The number of nitrogens with one attached hydrogen (secondary N) is 1. The van der Waals surface area contributed by atoms with Crippen molar-refractivity contribution in [3.8, 4) is 0 Å². The zero-order chi connectivity index (χ0) is 22.8. The molecule has 0 amide bonds. The second-order valence-corrected chi connectivity index (χ2v) is 13.2. The van der Waals surface area contributed by atoms with Gasteiger partial charge in [-0.15, -0.1) is 11.3 Å². The number of benzene rings is 1. The second-order valence-electron chi connectivity index (χ2n) is 7.40. The van der Waals surface area contributed by atoms with Crippen LogP contribution in [0.15, 0.2) is 38.8 Å². The lowest BCUT2D eigenvalue weighted by molar-refractivity contribution is 0.166. The minimum Gasteiger partial charge on any atom is -0.383 e. The van der Waals surface area contributed by atoms with Gasteiger partial charge in [0, 0.05) is 27.7 Å². The van der Waals surface area contributed by atoms with Gasteiger partial charge in [-0.25, -0.2) is 21.1 Å². The fourth-order valence-corrected chi connectivity index (χ4v) is 7.80. The Balaban J connectivity index is 1.96. The Morgan fingerprint density at radius 3 is 2.55 bits per heavy atom. The lowest BCUT2D eigenvalue weighted by Gasteiger charge is -2.38. The van der Waals surface area contributed by atoms with Crippen LogP contribution in [0.25, 0.3) is 0 Å². The first kappa shape index (κ1) is 24.3. The molecule has 1 N–H and O–H groups in total. The van der Waals surface area contributed by atoms with Crippen LogP contribution in [-0.4, -0.2) is 61.5 Å². The molecule has 0 aliphatic carbocycles. The minimum atomic E-state index is -4.02. The van der Waals surface area contributed by atoms with Crippen molar-refractivity contribution in [2.75, 3.05) is 44.0 Å². The number of para-hydroxylation sites is 1. The number of halogens is 1. The Bertz CT molecular complexity index is 1130. The Morgan fingerprint density at radius 2 is 1.87 bits per heavy atom. The zero-order valence-electron chi connectivity index (χ0n) is 17.5. The maximum Gasteiger partial charge on any atom is 0.271 e. The molecule has 1 aliphatic rings. The highest BCUT2D eigenvalue weighted by atomic mass is 35.5. The average Bonchev–Trinajstić information content (AvgIpc) is 3.21. The lowest BCUT2D eigenvalue weighted by atomic mass is 10.0. The smallest absolute Gasteiger partial charge is 0.271 e. The monoisotopic (exact) mass is 507 g/mol. The summed E-state index contributed by atoms with van der Waals surface area (Å²) in [5.41, 5.74) is 0.952. The SMILES string of the molecule is COCC1CCCCN1c1c(Cl)cccc1NS(=O)(=O)c1ccc(S(=O)(=O)N(C)C)s1. The number of ether oxygens (including phenoxy) is 1. The maximum absolute atomic E-state index is 13.1. The van der Waals surface area contributed by atoms with E-state index in [1.807, 2.05) is 0 Å². The Labute approximate surface area is 192 Å². The topological polar surface area (TPSA) is 96.0 Å². The van der Waals surface area contributed by atoms with Gasteiger partial charge in [-0.2, -0.15) is 0 Å². The van der Waals surface area contributed by atoms with Gasteiger partial charge in [0.2, 0.25) is 0 Å². The third kappa shape index (κ3) is 5.18. The first-order valence-electron chi connectivity index (χ1n) is 9.67. The van der Waals surface area contributed by atoms with E-state index in [2.05, 4.69) is 9.62 Å². The number of hydrogen-bond donors (Lipinski definition) is 1. The number of nitrogens with zero attached hydrogens (tertiary/aromatic N) is 2. The zero-order valence-corrected chi connectivity index (χ0v) is 20.7. The van der Waals surface area contributed by atoms with Crippen molar-refractivity contribution < 1.29 is 21.6 Å². The van der Waals surface area contributed by atoms with E-state index in [0.29, 0.717) is 34.3 Å². The lowest BCUT2D eigenvalue weighted by Crippen LogP contribution is -2.43. The summed E-state index contributed by atoms with van der Waals surface area (Å²) in [6.07, 6.45) is 2.95. The number of sulfonamides is 2. The van der Waals surface area contributed by atoms with E-state index in [-0.39, 0.29) is 14.5 Å². The van der Waals surface area contributed by atoms with E-state index >= 15 is 0 Å². The van der Waals surface area contributed by atoms with Crippen molar-refractivity contribution in [2.45, 2.75) is 33.7 Å². The van der Waals surface area contributed by atoms with Gasteiger partial charge in [-0.3, -0.25) is 4.72 Å². The number of piperidine rings is 1. The molecule has 1 saturated heterocycles. The quantitative estimate of drug-likeness (QED) is 0.587. The van der Waals surface area contributed by atoms with Crippen LogP contribution in [-0.2, 0) is 24.8 Å². The largest absolute Gasteiger partial charge is 0.383 e. The van der Waals surface area contributed by atoms with E-state index in [1.165, 1.54) is 26.2 Å². The highest BCUT2D eigenvalue weighted by molar-refractivity contribution is 7.96. The van der Waals surface area contributed by atoms with Crippen LogP contribution in [0.5, 0.6) is 0 Å². The molecule has 172 valence electrons. The first-order valence-corrected chi connectivity index (χ1v) is 13.8. The summed E-state index contributed by atoms with van der Waals surface area (Å²) in [4.78, 5) is 2.09. The summed E-state index contributed by atoms with van der Waals surface area (Å²) < 4.78 is 59.6. The van der Waals surface area contributed by atoms with Gasteiger partial charge in [0.25, 0.3) is 20.0 Å². The number of thiophene rings is 1. The van der Waals surface area contributed by atoms with E-state index in [9.17, 15) is 16.8 Å². The molecule has 0 saturated carbocycles. The van der Waals surface area contributed by atoms with Crippen LogP contribution in [0.4, 0.5) is 11.4 Å². The summed E-state index contributed by atoms with van der Waals surface area (Å²) in [6.45, 7) is 1.24. The molecule has 31 heavy (non-hydrogen) atoms. The fraction of sp³-hybridized carbons (Fsp3) is 0.474. The van der Waals surface area contributed by atoms with Crippen LogP contribution >= 0.6 is 22.9 Å². The third-order valence-corrected chi connectivity index (χ3v) is 10.6. The van der Waals surface area contributed by atoms with Crippen molar-refractivity contribution in [3.05, 3.63) is 35.4 Å². The molecule has 12 heteroatoms. The Morgan fingerprint density at radius 1 is 1.16 bits per heavy atom. The molecule has 1 aromatic heterocycles. The van der Waals surface area contributed by atoms with E-state index < -0.39 is 20.0 Å². The summed E-state index contributed by atoms with van der Waals surface area (Å²) in [7, 11) is -3.30. The van der Waals surface area contributed by atoms with Crippen LogP contribution < -0.4 is 9.62 Å². The molecule has 3 rings (SSSR count). The van der Waals surface area contributed by atoms with E-state index in [1.54, 1.807) is 25.3 Å². The van der Waals surface area contributed by atoms with Gasteiger partial charge in [0.05, 0.1) is 29.0 Å². The van der Waals surface area contributed by atoms with Crippen LogP contribution in [0, 0.1) is 0 Å². The van der Waals surface area contributed by atoms with Crippen LogP contribution in [0.2, 0.25) is 5.02 Å². The summed E-state index contributed by atoms with van der Waals surface area (Å²) in [5.74, 6) is 0. The van der Waals surface area contributed by atoms with Crippen LogP contribution in [0.3, 0.4) is 0 Å². The maximum atomic E-state index is 13.1. The fourth-order valence-electron chi connectivity index (χ4n) is 3.51. The van der Waals surface area contributed by atoms with Crippen molar-refractivity contribution >= 4 is 54.4 Å². The molecule has 2 heterocycles. The molecule has 1 atom stereocenters. The predicted octanol–water partition coefficient (Wildman–Crippen LogP) is 3.46. The molecule has 0 spiro atoms. The molecule has 2 aromatic rings. The van der Waals surface area contributed by atoms with Gasteiger partial charge < -0.3 is 9.64 Å². The average molecular weight is 508 g/mol. The third-order valence-electron chi connectivity index (χ3n) is 5.06. The number of anilines is 2. The summed E-state index contributed by atoms with van der Waals surface area (Å²) in [5, 5.41) is 0.435. The number of hydrogen-bond acceptors (Lipinski definition) is 7. The van der Waals surface area contributed by atoms with Gasteiger partial charge in [0.1, 0.15) is 8.42 Å². The molecule has 1 aliphatic heterocycles. The van der Waals surface area contributed by atoms with Gasteiger partial charge in [-0.1, -0.05) is 17.7 Å². The first-order chi connectivity index (χ1) is 14.6. The number of rotatable bonds is 8. The molecule has 1 fully saturated rings. The van der Waals surface area contributed by atoms with Crippen molar-refractivity contribution in [1.29, 1.82) is 0 Å². The van der Waals surface area contributed by atoms with Crippen LogP contribution in [0.1, 0.15) is 19.3 Å². The van der Waals surface area contributed by atoms with Crippen molar-refractivity contribution in [1.82, 2.24) is 4.31 Å². The Kier molecular flexibility index (Phi) is 7.54. The highest BCUT2D eigenvalue weighted by Gasteiger charge is 2.29.